The van der Waals surface area contributed by atoms with Gasteiger partial charge in [-0.3, -0.25) is 9.59 Å². The first-order valence-electron chi connectivity index (χ1n) is 10.5. The molecule has 3 aromatic rings. The van der Waals surface area contributed by atoms with Crippen molar-refractivity contribution in [2.24, 2.45) is 5.10 Å². The third-order valence-electron chi connectivity index (χ3n) is 4.92. The summed E-state index contributed by atoms with van der Waals surface area (Å²) in [4.78, 5) is 27.7. The molecule has 0 atom stereocenters. The maximum Gasteiger partial charge on any atom is 0.287 e. The van der Waals surface area contributed by atoms with Gasteiger partial charge in [0.25, 0.3) is 11.8 Å². The van der Waals surface area contributed by atoms with Gasteiger partial charge in [0.15, 0.2) is 11.5 Å². The third-order valence-corrected chi connectivity index (χ3v) is 5.24. The average molecular weight is 493 g/mol. The van der Waals surface area contributed by atoms with Crippen molar-refractivity contribution in [1.29, 1.82) is 0 Å². The number of carbonyl (C=O) groups is 2. The van der Waals surface area contributed by atoms with Crippen LogP contribution in [0.1, 0.15) is 21.5 Å². The summed E-state index contributed by atoms with van der Waals surface area (Å²) in [7, 11) is 5.28. The zero-order valence-electron chi connectivity index (χ0n) is 19.4. The molecule has 0 saturated carbocycles. The monoisotopic (exact) mass is 492 g/mol. The van der Waals surface area contributed by atoms with E-state index in [1.807, 2.05) is 43.3 Å². The fraction of sp³-hybridized carbons (Fsp3) is 0.115. The van der Waals surface area contributed by atoms with E-state index in [9.17, 15) is 14.7 Å². The summed E-state index contributed by atoms with van der Waals surface area (Å²) >= 11 is 6.14. The number of hydrazone groups is 1. The SMILES string of the molecule is COc1cc(C=NNC(=O)/C(=C/c2ccc(N(C)C)cc2)NC(=O)c2ccccc2Cl)ccc1O. The van der Waals surface area contributed by atoms with Gasteiger partial charge in [-0.15, -0.1) is 0 Å². The van der Waals surface area contributed by atoms with Gasteiger partial charge in [0, 0.05) is 19.8 Å². The normalized spacial score (nSPS) is 11.3. The minimum Gasteiger partial charge on any atom is -0.504 e. The number of aromatic hydroxyl groups is 1. The highest BCUT2D eigenvalue weighted by molar-refractivity contribution is 6.34. The first-order valence-corrected chi connectivity index (χ1v) is 10.9. The van der Waals surface area contributed by atoms with Crippen molar-refractivity contribution in [1.82, 2.24) is 10.7 Å². The number of carbonyl (C=O) groups excluding carboxylic acids is 2. The number of methoxy groups -OCH3 is 1. The van der Waals surface area contributed by atoms with Gasteiger partial charge in [0.05, 0.1) is 23.9 Å². The van der Waals surface area contributed by atoms with Crippen LogP contribution >= 0.6 is 11.6 Å². The summed E-state index contributed by atoms with van der Waals surface area (Å²) < 4.78 is 5.07. The molecule has 2 amide bonds. The van der Waals surface area contributed by atoms with Crippen LogP contribution in [0, 0.1) is 0 Å². The number of nitrogens with one attached hydrogen (secondary N) is 2. The lowest BCUT2D eigenvalue weighted by atomic mass is 10.1. The lowest BCUT2D eigenvalue weighted by Crippen LogP contribution is -2.33. The molecule has 3 N–H and O–H groups in total. The second kappa shape index (κ2) is 11.7. The van der Waals surface area contributed by atoms with E-state index in [1.54, 1.807) is 42.5 Å². The van der Waals surface area contributed by atoms with Gasteiger partial charge < -0.3 is 20.1 Å². The van der Waals surface area contributed by atoms with Crippen LogP contribution in [-0.2, 0) is 4.79 Å². The van der Waals surface area contributed by atoms with E-state index in [-0.39, 0.29) is 27.8 Å². The van der Waals surface area contributed by atoms with Crippen LogP contribution in [0.5, 0.6) is 11.5 Å². The van der Waals surface area contributed by atoms with Crippen molar-refractivity contribution in [3.05, 3.63) is 94.1 Å². The van der Waals surface area contributed by atoms with Crippen molar-refractivity contribution in [3.63, 3.8) is 0 Å². The Bertz CT molecular complexity index is 1270. The number of nitrogens with zero attached hydrogens (tertiary/aromatic N) is 2. The molecular formula is C26H25ClN4O4. The molecule has 8 nitrogen and oxygen atoms in total. The molecule has 3 aromatic carbocycles. The number of phenolic OH excluding ortho intramolecular Hbond substituents is 1. The number of phenols is 1. The van der Waals surface area contributed by atoms with Crippen LogP contribution in [0.25, 0.3) is 6.08 Å². The maximum absolute atomic E-state index is 12.9. The Hall–Kier alpha value is -4.30. The van der Waals surface area contributed by atoms with Crippen LogP contribution in [0.4, 0.5) is 5.69 Å². The molecule has 0 fully saturated rings. The lowest BCUT2D eigenvalue weighted by molar-refractivity contribution is -0.117. The van der Waals surface area contributed by atoms with Gasteiger partial charge in [0.2, 0.25) is 0 Å². The Morgan fingerprint density at radius 3 is 2.37 bits per heavy atom. The van der Waals surface area contributed by atoms with Gasteiger partial charge in [-0.05, 0) is 59.7 Å². The summed E-state index contributed by atoms with van der Waals surface area (Å²) in [6.45, 7) is 0. The van der Waals surface area contributed by atoms with E-state index in [2.05, 4.69) is 15.8 Å². The standard InChI is InChI=1S/C26H25ClN4O4/c1-31(2)19-11-8-17(9-12-19)14-22(29-25(33)20-6-4-5-7-21(20)27)26(34)30-28-16-18-10-13-23(32)24(15-18)35-3/h4-16,32H,1-3H3,(H,29,33)(H,30,34)/b22-14-,28-16?. The van der Waals surface area contributed by atoms with Crippen molar-refractivity contribution < 1.29 is 19.4 Å². The molecule has 35 heavy (non-hydrogen) atoms. The van der Waals surface area contributed by atoms with E-state index >= 15 is 0 Å². The number of halogens is 1. The number of anilines is 1. The fourth-order valence-corrected chi connectivity index (χ4v) is 3.25. The Kier molecular flexibility index (Phi) is 8.48. The Morgan fingerprint density at radius 1 is 1.03 bits per heavy atom. The Balaban J connectivity index is 1.84. The summed E-state index contributed by atoms with van der Waals surface area (Å²) in [6, 6.07) is 18.6. The quantitative estimate of drug-likeness (QED) is 0.250. The average Bonchev–Trinajstić information content (AvgIpc) is 2.85. The number of amides is 2. The van der Waals surface area contributed by atoms with Gasteiger partial charge in [-0.1, -0.05) is 35.9 Å². The number of hydrogen-bond donors (Lipinski definition) is 3. The third kappa shape index (κ3) is 6.84. The number of hydrogen-bond acceptors (Lipinski definition) is 6. The zero-order valence-corrected chi connectivity index (χ0v) is 20.2. The predicted octanol–water partition coefficient (Wildman–Crippen LogP) is 4.04. The maximum atomic E-state index is 12.9. The Morgan fingerprint density at radius 2 is 1.71 bits per heavy atom. The number of rotatable bonds is 8. The van der Waals surface area contributed by atoms with Crippen LogP contribution in [-0.4, -0.2) is 44.3 Å². The van der Waals surface area contributed by atoms with Crippen molar-refractivity contribution in [3.8, 4) is 11.5 Å². The van der Waals surface area contributed by atoms with Crippen LogP contribution in [0.3, 0.4) is 0 Å². The fourth-order valence-electron chi connectivity index (χ4n) is 3.03. The molecule has 0 unspecified atom stereocenters. The molecule has 0 spiro atoms. The minimum absolute atomic E-state index is 0.0125. The molecule has 0 aliphatic heterocycles. The largest absolute Gasteiger partial charge is 0.504 e. The summed E-state index contributed by atoms with van der Waals surface area (Å²) in [5.74, 6) is -0.909. The van der Waals surface area contributed by atoms with Crippen molar-refractivity contribution in [2.75, 3.05) is 26.1 Å². The topological polar surface area (TPSA) is 103 Å². The van der Waals surface area contributed by atoms with Gasteiger partial charge in [-0.2, -0.15) is 5.10 Å². The second-order valence-corrected chi connectivity index (χ2v) is 8.02. The van der Waals surface area contributed by atoms with E-state index in [0.717, 1.165) is 5.69 Å². The molecule has 0 bridgehead atoms. The van der Waals surface area contributed by atoms with Gasteiger partial charge in [0.1, 0.15) is 5.70 Å². The van der Waals surface area contributed by atoms with Gasteiger partial charge in [-0.25, -0.2) is 5.43 Å². The molecule has 0 aromatic heterocycles. The highest BCUT2D eigenvalue weighted by Gasteiger charge is 2.16. The smallest absolute Gasteiger partial charge is 0.287 e. The van der Waals surface area contributed by atoms with Crippen molar-refractivity contribution in [2.45, 2.75) is 0 Å². The molecule has 0 heterocycles. The summed E-state index contributed by atoms with van der Waals surface area (Å²) in [6.07, 6.45) is 2.93. The Labute approximate surface area is 208 Å². The number of ether oxygens (including phenoxy) is 1. The first-order chi connectivity index (χ1) is 16.8. The van der Waals surface area contributed by atoms with Crippen LogP contribution in [0.15, 0.2) is 77.5 Å². The molecule has 180 valence electrons. The summed E-state index contributed by atoms with van der Waals surface area (Å²) in [5.41, 5.74) is 4.90. The molecule has 0 radical (unpaired) electrons. The second-order valence-electron chi connectivity index (χ2n) is 7.61. The van der Waals surface area contributed by atoms with E-state index in [0.29, 0.717) is 11.1 Å². The first kappa shape index (κ1) is 25.3. The molecule has 0 aliphatic rings. The molecule has 0 saturated heterocycles. The molecule has 9 heteroatoms. The molecule has 3 rings (SSSR count). The predicted molar refractivity (Wildman–Crippen MR) is 138 cm³/mol. The highest BCUT2D eigenvalue weighted by atomic mass is 35.5. The van der Waals surface area contributed by atoms with Gasteiger partial charge >= 0.3 is 0 Å². The van der Waals surface area contributed by atoms with Crippen molar-refractivity contribution >= 4 is 41.4 Å². The minimum atomic E-state index is -0.635. The lowest BCUT2D eigenvalue weighted by Gasteiger charge is -2.13. The number of benzene rings is 3. The molecule has 0 aliphatic carbocycles. The molecular weight excluding hydrogens is 468 g/mol. The van der Waals surface area contributed by atoms with E-state index in [1.165, 1.54) is 19.4 Å². The zero-order chi connectivity index (χ0) is 25.4. The van der Waals surface area contributed by atoms with E-state index in [4.69, 9.17) is 16.3 Å². The van der Waals surface area contributed by atoms with Crippen LogP contribution < -0.4 is 20.4 Å². The summed E-state index contributed by atoms with van der Waals surface area (Å²) in [5, 5.41) is 16.6. The van der Waals surface area contributed by atoms with E-state index < -0.39 is 11.8 Å². The highest BCUT2D eigenvalue weighted by Crippen LogP contribution is 2.25. The van der Waals surface area contributed by atoms with Crippen LogP contribution in [0.2, 0.25) is 5.02 Å².